The molecule has 7 heteroatoms. The summed E-state index contributed by atoms with van der Waals surface area (Å²) in [7, 11) is 0. The topological polar surface area (TPSA) is 82.5 Å². The van der Waals surface area contributed by atoms with Gasteiger partial charge >= 0.3 is 5.97 Å². The van der Waals surface area contributed by atoms with Gasteiger partial charge in [-0.15, -0.1) is 0 Å². The van der Waals surface area contributed by atoms with Gasteiger partial charge in [-0.1, -0.05) is 37.3 Å². The second-order valence-corrected chi connectivity index (χ2v) is 7.25. The highest BCUT2D eigenvalue weighted by Crippen LogP contribution is 2.18. The fraction of sp³-hybridized carbons (Fsp3) is 0.292. The molecule has 0 spiro atoms. The number of rotatable bonds is 9. The van der Waals surface area contributed by atoms with Crippen LogP contribution in [0.25, 0.3) is 0 Å². The maximum atomic E-state index is 12.5. The van der Waals surface area contributed by atoms with Gasteiger partial charge in [-0.3, -0.25) is 4.79 Å². The minimum Gasteiger partial charge on any atom is -0.489 e. The van der Waals surface area contributed by atoms with Crippen molar-refractivity contribution in [1.82, 2.24) is 9.78 Å². The summed E-state index contributed by atoms with van der Waals surface area (Å²) in [5.41, 5.74) is 1.40. The van der Waals surface area contributed by atoms with Gasteiger partial charge in [0.1, 0.15) is 18.2 Å². The molecule has 3 rings (SSSR count). The summed E-state index contributed by atoms with van der Waals surface area (Å²) in [6.45, 7) is 6.03. The zero-order valence-electron chi connectivity index (χ0n) is 17.9. The molecule has 7 nitrogen and oxygen atoms in total. The molecule has 0 aliphatic heterocycles. The normalized spacial score (nSPS) is 12.6. The van der Waals surface area contributed by atoms with Gasteiger partial charge in [-0.05, 0) is 50.1 Å². The minimum atomic E-state index is -0.957. The predicted molar refractivity (Wildman–Crippen MR) is 118 cm³/mol. The highest BCUT2D eigenvalue weighted by molar-refractivity contribution is 5.96. The van der Waals surface area contributed by atoms with Gasteiger partial charge in [0.2, 0.25) is 0 Å². The van der Waals surface area contributed by atoms with Crippen LogP contribution in [0.4, 0.5) is 5.82 Å². The van der Waals surface area contributed by atoms with Gasteiger partial charge in [0.05, 0.1) is 17.8 Å². The smallest absolute Gasteiger partial charge is 0.338 e. The zero-order valence-corrected chi connectivity index (χ0v) is 17.9. The molecule has 1 heterocycles. The monoisotopic (exact) mass is 421 g/mol. The van der Waals surface area contributed by atoms with Crippen molar-refractivity contribution in [2.75, 3.05) is 5.32 Å². The predicted octanol–water partition coefficient (Wildman–Crippen LogP) is 4.62. The Morgan fingerprint density at radius 2 is 1.74 bits per heavy atom. The van der Waals surface area contributed by atoms with Crippen molar-refractivity contribution >= 4 is 17.7 Å². The molecule has 0 bridgehead atoms. The van der Waals surface area contributed by atoms with Gasteiger partial charge in [0.25, 0.3) is 5.91 Å². The third-order valence-electron chi connectivity index (χ3n) is 4.92. The van der Waals surface area contributed by atoms with E-state index in [0.29, 0.717) is 23.7 Å². The van der Waals surface area contributed by atoms with E-state index in [1.54, 1.807) is 41.2 Å². The molecular weight excluding hydrogens is 394 g/mol. The number of benzene rings is 2. The van der Waals surface area contributed by atoms with E-state index in [-0.39, 0.29) is 6.04 Å². The lowest BCUT2D eigenvalue weighted by Crippen LogP contribution is -2.31. The van der Waals surface area contributed by atoms with Gasteiger partial charge < -0.3 is 14.8 Å². The Balaban J connectivity index is 1.53. The molecule has 0 aliphatic rings. The van der Waals surface area contributed by atoms with Crippen LogP contribution in [0.3, 0.4) is 0 Å². The van der Waals surface area contributed by atoms with Crippen LogP contribution in [0.2, 0.25) is 0 Å². The average Bonchev–Trinajstić information content (AvgIpc) is 3.26. The van der Waals surface area contributed by atoms with E-state index >= 15 is 0 Å². The van der Waals surface area contributed by atoms with Crippen molar-refractivity contribution in [2.24, 2.45) is 0 Å². The molecule has 1 aromatic heterocycles. The number of nitrogens with one attached hydrogen (secondary N) is 1. The van der Waals surface area contributed by atoms with Crippen LogP contribution in [-0.2, 0) is 16.1 Å². The summed E-state index contributed by atoms with van der Waals surface area (Å²) in [6, 6.07) is 18.3. The Kier molecular flexibility index (Phi) is 7.43. The first-order chi connectivity index (χ1) is 15.0. The fourth-order valence-corrected chi connectivity index (χ4v) is 2.88. The van der Waals surface area contributed by atoms with Crippen LogP contribution in [-0.4, -0.2) is 27.8 Å². The minimum absolute atomic E-state index is 0.144. The zero-order chi connectivity index (χ0) is 22.2. The van der Waals surface area contributed by atoms with E-state index in [9.17, 15) is 9.59 Å². The number of ether oxygens (including phenoxy) is 2. The van der Waals surface area contributed by atoms with E-state index < -0.39 is 18.0 Å². The number of hydrogen-bond donors (Lipinski definition) is 1. The number of carbonyl (C=O) groups excluding carboxylic acids is 2. The molecular formula is C24H27N3O4. The number of esters is 1. The van der Waals surface area contributed by atoms with Crippen LogP contribution in [0.5, 0.6) is 5.75 Å². The molecule has 0 saturated heterocycles. The highest BCUT2D eigenvalue weighted by Gasteiger charge is 2.21. The summed E-state index contributed by atoms with van der Waals surface area (Å²) < 4.78 is 12.8. The largest absolute Gasteiger partial charge is 0.489 e. The Labute approximate surface area is 182 Å². The van der Waals surface area contributed by atoms with Crippen LogP contribution in [0.1, 0.15) is 49.2 Å². The van der Waals surface area contributed by atoms with Crippen LogP contribution in [0.15, 0.2) is 66.9 Å². The first-order valence-corrected chi connectivity index (χ1v) is 10.3. The quantitative estimate of drug-likeness (QED) is 0.510. The van der Waals surface area contributed by atoms with Gasteiger partial charge in [-0.25, -0.2) is 9.48 Å². The number of carbonyl (C=O) groups is 2. The van der Waals surface area contributed by atoms with Crippen LogP contribution < -0.4 is 10.1 Å². The average molecular weight is 421 g/mol. The number of aromatic nitrogens is 2. The molecule has 31 heavy (non-hydrogen) atoms. The molecule has 0 unspecified atom stereocenters. The molecule has 1 N–H and O–H groups in total. The third kappa shape index (κ3) is 5.94. The summed E-state index contributed by atoms with van der Waals surface area (Å²) in [4.78, 5) is 24.9. The van der Waals surface area contributed by atoms with Crippen molar-refractivity contribution < 1.29 is 19.1 Å². The number of anilines is 1. The molecule has 0 aliphatic carbocycles. The van der Waals surface area contributed by atoms with Crippen molar-refractivity contribution in [3.63, 3.8) is 0 Å². The lowest BCUT2D eigenvalue weighted by atomic mass is 10.2. The lowest BCUT2D eigenvalue weighted by Gasteiger charge is -2.17. The maximum Gasteiger partial charge on any atom is 0.338 e. The van der Waals surface area contributed by atoms with Gasteiger partial charge in [-0.2, -0.15) is 5.10 Å². The molecule has 2 atom stereocenters. The van der Waals surface area contributed by atoms with Crippen molar-refractivity contribution in [3.8, 4) is 5.75 Å². The second kappa shape index (κ2) is 10.4. The summed E-state index contributed by atoms with van der Waals surface area (Å²) >= 11 is 0. The maximum absolute atomic E-state index is 12.5. The number of amides is 1. The van der Waals surface area contributed by atoms with E-state index in [1.807, 2.05) is 44.2 Å². The van der Waals surface area contributed by atoms with E-state index in [1.165, 1.54) is 6.92 Å². The summed E-state index contributed by atoms with van der Waals surface area (Å²) in [5, 5.41) is 7.00. The Morgan fingerprint density at radius 3 is 2.42 bits per heavy atom. The fourth-order valence-electron chi connectivity index (χ4n) is 2.88. The van der Waals surface area contributed by atoms with Crippen molar-refractivity contribution in [3.05, 3.63) is 78.0 Å². The summed E-state index contributed by atoms with van der Waals surface area (Å²) in [5.74, 6) is 0.223. The Bertz CT molecular complexity index is 999. The standard InChI is InChI=1S/C24H27N3O4/c1-4-17(2)27-22(14-15-25-27)26-23(28)18(3)31-24(29)20-10-12-21(13-11-20)30-16-19-8-6-5-7-9-19/h5-15,17-18H,4,16H2,1-3H3,(H,26,28)/t17-,18+/m0/s1. The van der Waals surface area contributed by atoms with E-state index in [4.69, 9.17) is 9.47 Å². The Morgan fingerprint density at radius 1 is 1.03 bits per heavy atom. The third-order valence-corrected chi connectivity index (χ3v) is 4.92. The molecule has 0 radical (unpaired) electrons. The SMILES string of the molecule is CC[C@H](C)n1nccc1NC(=O)[C@@H](C)OC(=O)c1ccc(OCc2ccccc2)cc1. The second-order valence-electron chi connectivity index (χ2n) is 7.25. The van der Waals surface area contributed by atoms with Crippen LogP contribution in [0, 0.1) is 0 Å². The molecule has 3 aromatic rings. The van der Waals surface area contributed by atoms with Gasteiger partial charge in [0, 0.05) is 6.07 Å². The van der Waals surface area contributed by atoms with E-state index in [0.717, 1.165) is 12.0 Å². The molecule has 162 valence electrons. The highest BCUT2D eigenvalue weighted by atomic mass is 16.5. The first-order valence-electron chi connectivity index (χ1n) is 10.3. The van der Waals surface area contributed by atoms with E-state index in [2.05, 4.69) is 10.4 Å². The van der Waals surface area contributed by atoms with Crippen molar-refractivity contribution in [2.45, 2.75) is 45.9 Å². The van der Waals surface area contributed by atoms with Crippen LogP contribution >= 0.6 is 0 Å². The lowest BCUT2D eigenvalue weighted by molar-refractivity contribution is -0.123. The first kappa shape index (κ1) is 22.1. The molecule has 0 fully saturated rings. The molecule has 0 saturated carbocycles. The van der Waals surface area contributed by atoms with Gasteiger partial charge in [0.15, 0.2) is 6.10 Å². The van der Waals surface area contributed by atoms with Crippen molar-refractivity contribution in [1.29, 1.82) is 0 Å². The molecule has 1 amide bonds. The number of hydrogen-bond acceptors (Lipinski definition) is 5. The summed E-state index contributed by atoms with van der Waals surface area (Å²) in [6.07, 6.45) is 1.54. The Hall–Kier alpha value is -3.61. The molecule has 2 aromatic carbocycles. The number of nitrogens with zero attached hydrogens (tertiary/aromatic N) is 2.